The van der Waals surface area contributed by atoms with E-state index < -0.39 is 0 Å². The Hall–Kier alpha value is -2.35. The van der Waals surface area contributed by atoms with Crippen LogP contribution in [-0.4, -0.2) is 31.3 Å². The van der Waals surface area contributed by atoms with E-state index in [4.69, 9.17) is 17.2 Å². The van der Waals surface area contributed by atoms with Crippen molar-refractivity contribution in [3.05, 3.63) is 70.7 Å². The van der Waals surface area contributed by atoms with E-state index in [0.29, 0.717) is 11.4 Å². The minimum Gasteiger partial charge on any atom is -0.278 e. The molecular weight excluding hydrogens is 362 g/mol. The summed E-state index contributed by atoms with van der Waals surface area (Å²) in [5.41, 5.74) is 2.07. The average Bonchev–Trinajstić information content (AvgIpc) is 3.26. The highest BCUT2D eigenvalue weighted by atomic mass is 32.1. The summed E-state index contributed by atoms with van der Waals surface area (Å²) in [6.45, 7) is 2.77. The number of rotatable bonds is 5. The van der Waals surface area contributed by atoms with Crippen molar-refractivity contribution in [2.45, 2.75) is 19.6 Å². The second-order valence-corrected chi connectivity index (χ2v) is 7.64. The van der Waals surface area contributed by atoms with Crippen LogP contribution in [0, 0.1) is 4.77 Å². The van der Waals surface area contributed by atoms with Crippen molar-refractivity contribution in [3.8, 4) is 5.69 Å². The molecule has 0 fully saturated rings. The molecule has 0 amide bonds. The van der Waals surface area contributed by atoms with Crippen LogP contribution in [0.25, 0.3) is 15.9 Å². The van der Waals surface area contributed by atoms with E-state index in [1.165, 1.54) is 4.70 Å². The molecule has 1 unspecified atom stereocenters. The number of aromatic nitrogens is 4. The number of hydrogen-bond donors (Lipinski definition) is 0. The Morgan fingerprint density at radius 2 is 1.85 bits per heavy atom. The molecule has 26 heavy (non-hydrogen) atoms. The van der Waals surface area contributed by atoms with Gasteiger partial charge in [-0.3, -0.25) is 9.47 Å². The molecule has 4 aromatic rings. The summed E-state index contributed by atoms with van der Waals surface area (Å²) in [6.07, 6.45) is 1.77. The zero-order valence-electron chi connectivity index (χ0n) is 14.6. The molecule has 0 radical (unpaired) electrons. The third-order valence-electron chi connectivity index (χ3n) is 4.45. The van der Waals surface area contributed by atoms with Crippen LogP contribution in [-0.2, 0) is 6.67 Å². The molecule has 0 saturated heterocycles. The van der Waals surface area contributed by atoms with Gasteiger partial charge in [-0.05, 0) is 50.5 Å². The number of thiazole rings is 1. The standard InChI is InChI=1S/C19H19N5S2/c1-14(18-21-16-10-6-7-11-17(16)26-18)22(2)13-24-19(25)23(12-20-24)15-8-4-3-5-9-15/h3-12,14H,13H2,1-2H3. The summed E-state index contributed by atoms with van der Waals surface area (Å²) in [6, 6.07) is 18.4. The van der Waals surface area contributed by atoms with Gasteiger partial charge in [0.05, 0.1) is 22.9 Å². The van der Waals surface area contributed by atoms with Gasteiger partial charge in [0.15, 0.2) is 0 Å². The second-order valence-electron chi connectivity index (χ2n) is 6.21. The van der Waals surface area contributed by atoms with E-state index in [1.807, 2.05) is 51.7 Å². The maximum atomic E-state index is 5.61. The first-order chi connectivity index (χ1) is 12.6. The maximum Gasteiger partial charge on any atom is 0.203 e. The van der Waals surface area contributed by atoms with Crippen molar-refractivity contribution in [2.24, 2.45) is 0 Å². The van der Waals surface area contributed by atoms with Crippen molar-refractivity contribution in [1.29, 1.82) is 0 Å². The molecule has 4 rings (SSSR count). The van der Waals surface area contributed by atoms with E-state index in [2.05, 4.69) is 36.1 Å². The molecule has 0 spiro atoms. The van der Waals surface area contributed by atoms with Gasteiger partial charge in [-0.15, -0.1) is 11.3 Å². The molecule has 0 aliphatic rings. The van der Waals surface area contributed by atoms with Crippen molar-refractivity contribution in [1.82, 2.24) is 24.2 Å². The van der Waals surface area contributed by atoms with Crippen molar-refractivity contribution in [2.75, 3.05) is 7.05 Å². The Kier molecular flexibility index (Phi) is 4.67. The van der Waals surface area contributed by atoms with E-state index in [-0.39, 0.29) is 6.04 Å². The minimum absolute atomic E-state index is 0.177. The maximum absolute atomic E-state index is 5.61. The SMILES string of the molecule is CC(c1nc2ccccc2s1)N(C)Cn1ncn(-c2ccccc2)c1=S. The van der Waals surface area contributed by atoms with E-state index in [9.17, 15) is 0 Å². The third-order valence-corrected chi connectivity index (χ3v) is 6.07. The van der Waals surface area contributed by atoms with Crippen molar-refractivity contribution < 1.29 is 0 Å². The van der Waals surface area contributed by atoms with E-state index >= 15 is 0 Å². The number of hydrogen-bond acceptors (Lipinski definition) is 5. The molecule has 1 atom stereocenters. The first kappa shape index (κ1) is 17.1. The molecule has 2 aromatic heterocycles. The molecule has 0 bridgehead atoms. The van der Waals surface area contributed by atoms with Crippen LogP contribution < -0.4 is 0 Å². The molecule has 0 aliphatic carbocycles. The lowest BCUT2D eigenvalue weighted by Crippen LogP contribution is -2.26. The zero-order chi connectivity index (χ0) is 18.1. The molecule has 5 nitrogen and oxygen atoms in total. The third kappa shape index (κ3) is 3.21. The van der Waals surface area contributed by atoms with Crippen LogP contribution >= 0.6 is 23.6 Å². The van der Waals surface area contributed by atoms with Crippen LogP contribution in [0.2, 0.25) is 0 Å². The number of fused-ring (bicyclic) bond motifs is 1. The molecule has 0 N–H and O–H groups in total. The Morgan fingerprint density at radius 1 is 1.12 bits per heavy atom. The van der Waals surface area contributed by atoms with Gasteiger partial charge < -0.3 is 0 Å². The van der Waals surface area contributed by atoms with Crippen LogP contribution in [0.4, 0.5) is 0 Å². The van der Waals surface area contributed by atoms with E-state index in [1.54, 1.807) is 17.7 Å². The summed E-state index contributed by atoms with van der Waals surface area (Å²) in [4.78, 5) is 6.97. The Labute approximate surface area is 161 Å². The fraction of sp³-hybridized carbons (Fsp3) is 0.211. The lowest BCUT2D eigenvalue weighted by atomic mass is 10.3. The molecule has 7 heteroatoms. The average molecular weight is 382 g/mol. The number of benzene rings is 2. The summed E-state index contributed by atoms with van der Waals surface area (Å²) in [5.74, 6) is 0. The predicted molar refractivity (Wildman–Crippen MR) is 108 cm³/mol. The fourth-order valence-corrected chi connectivity index (χ4v) is 4.13. The fourth-order valence-electron chi connectivity index (χ4n) is 2.79. The topological polar surface area (TPSA) is 38.9 Å². The molecular formula is C19H19N5S2. The van der Waals surface area contributed by atoms with Crippen molar-refractivity contribution in [3.63, 3.8) is 0 Å². The van der Waals surface area contributed by atoms with Gasteiger partial charge in [-0.25, -0.2) is 9.67 Å². The van der Waals surface area contributed by atoms with Crippen LogP contribution in [0.15, 0.2) is 60.9 Å². The summed E-state index contributed by atoms with van der Waals surface area (Å²) in [7, 11) is 2.07. The van der Waals surface area contributed by atoms with E-state index in [0.717, 1.165) is 16.2 Å². The smallest absolute Gasteiger partial charge is 0.203 e. The normalized spacial score (nSPS) is 12.7. The quantitative estimate of drug-likeness (QED) is 0.471. The Bertz CT molecular complexity index is 1050. The minimum atomic E-state index is 0.177. The summed E-state index contributed by atoms with van der Waals surface area (Å²) < 4.78 is 5.66. The Balaban J connectivity index is 1.55. The molecule has 2 heterocycles. The first-order valence-electron chi connectivity index (χ1n) is 8.39. The van der Waals surface area contributed by atoms with Crippen LogP contribution in [0.3, 0.4) is 0 Å². The second kappa shape index (κ2) is 7.11. The molecule has 132 valence electrons. The largest absolute Gasteiger partial charge is 0.278 e. The lowest BCUT2D eigenvalue weighted by molar-refractivity contribution is 0.194. The molecule has 2 aromatic carbocycles. The highest BCUT2D eigenvalue weighted by Gasteiger charge is 2.17. The number of para-hydroxylation sites is 2. The first-order valence-corrected chi connectivity index (χ1v) is 9.61. The summed E-state index contributed by atoms with van der Waals surface area (Å²) >= 11 is 7.34. The van der Waals surface area contributed by atoms with Gasteiger partial charge in [0, 0.05) is 5.69 Å². The van der Waals surface area contributed by atoms with Gasteiger partial charge in [0.1, 0.15) is 11.3 Å². The molecule has 0 saturated carbocycles. The predicted octanol–water partition coefficient (Wildman–Crippen LogP) is 4.66. The van der Waals surface area contributed by atoms with Gasteiger partial charge >= 0.3 is 0 Å². The van der Waals surface area contributed by atoms with Crippen LogP contribution in [0.1, 0.15) is 18.0 Å². The number of nitrogens with zero attached hydrogens (tertiary/aromatic N) is 5. The van der Waals surface area contributed by atoms with Gasteiger partial charge in [0.25, 0.3) is 0 Å². The van der Waals surface area contributed by atoms with Crippen molar-refractivity contribution >= 4 is 33.8 Å². The van der Waals surface area contributed by atoms with Gasteiger partial charge in [-0.1, -0.05) is 30.3 Å². The van der Waals surface area contributed by atoms with Crippen LogP contribution in [0.5, 0.6) is 0 Å². The highest BCUT2D eigenvalue weighted by molar-refractivity contribution is 7.71. The highest BCUT2D eigenvalue weighted by Crippen LogP contribution is 2.28. The van der Waals surface area contributed by atoms with Gasteiger partial charge in [0.2, 0.25) is 4.77 Å². The Morgan fingerprint density at radius 3 is 2.62 bits per heavy atom. The monoisotopic (exact) mass is 381 g/mol. The zero-order valence-corrected chi connectivity index (χ0v) is 16.2. The van der Waals surface area contributed by atoms with Gasteiger partial charge in [-0.2, -0.15) is 5.10 Å². The molecule has 0 aliphatic heterocycles. The lowest BCUT2D eigenvalue weighted by Gasteiger charge is -2.22. The summed E-state index contributed by atoms with van der Waals surface area (Å²) in [5, 5.41) is 5.57.